The molecule has 2 aliphatic rings. The van der Waals surface area contributed by atoms with E-state index in [0.29, 0.717) is 24.6 Å². The molecule has 5 nitrogen and oxygen atoms in total. The van der Waals surface area contributed by atoms with Gasteiger partial charge in [0.05, 0.1) is 12.8 Å². The first-order chi connectivity index (χ1) is 10.6. The van der Waals surface area contributed by atoms with E-state index in [-0.39, 0.29) is 17.7 Å². The van der Waals surface area contributed by atoms with Gasteiger partial charge in [0.2, 0.25) is 11.8 Å². The highest BCUT2D eigenvalue weighted by Gasteiger charge is 2.39. The second-order valence-electron chi connectivity index (χ2n) is 6.20. The number of anilines is 2. The summed E-state index contributed by atoms with van der Waals surface area (Å²) in [6.45, 7) is 2.78. The molecule has 0 radical (unpaired) electrons. The topological polar surface area (TPSA) is 58.6 Å². The lowest BCUT2D eigenvalue weighted by molar-refractivity contribution is -0.119. The fourth-order valence-electron chi connectivity index (χ4n) is 2.96. The van der Waals surface area contributed by atoms with Crippen LogP contribution >= 0.6 is 0 Å². The van der Waals surface area contributed by atoms with Crippen LogP contribution in [0.15, 0.2) is 18.2 Å². The quantitative estimate of drug-likeness (QED) is 0.930. The number of piperidine rings is 1. The van der Waals surface area contributed by atoms with Crippen LogP contribution < -0.4 is 15.0 Å². The monoisotopic (exact) mass is 302 g/mol. The number of hydrogen-bond donors (Lipinski definition) is 1. The molecule has 2 amide bonds. The number of carbonyl (C=O) groups is 2. The van der Waals surface area contributed by atoms with E-state index in [1.54, 1.807) is 12.0 Å². The maximum Gasteiger partial charge on any atom is 0.227 e. The number of methoxy groups -OCH3 is 1. The molecule has 3 rings (SSSR count). The Labute approximate surface area is 130 Å². The van der Waals surface area contributed by atoms with Crippen molar-refractivity contribution in [2.75, 3.05) is 23.9 Å². The van der Waals surface area contributed by atoms with Crippen molar-refractivity contribution < 1.29 is 14.3 Å². The van der Waals surface area contributed by atoms with Gasteiger partial charge in [0, 0.05) is 24.6 Å². The number of amides is 2. The molecule has 1 aliphatic carbocycles. The predicted molar refractivity (Wildman–Crippen MR) is 85.1 cm³/mol. The zero-order valence-electron chi connectivity index (χ0n) is 13.1. The molecule has 1 aromatic rings. The number of nitrogens with one attached hydrogen (secondary N) is 1. The van der Waals surface area contributed by atoms with Gasteiger partial charge in [0.15, 0.2) is 0 Å². The van der Waals surface area contributed by atoms with E-state index in [1.165, 1.54) is 0 Å². The molecule has 1 aliphatic heterocycles. The van der Waals surface area contributed by atoms with Gasteiger partial charge in [-0.1, -0.05) is 6.92 Å². The molecule has 0 spiro atoms. The Morgan fingerprint density at radius 2 is 2.14 bits per heavy atom. The fourth-order valence-corrected chi connectivity index (χ4v) is 2.96. The van der Waals surface area contributed by atoms with Crippen molar-refractivity contribution in [1.82, 2.24) is 0 Å². The highest BCUT2D eigenvalue weighted by molar-refractivity contribution is 5.98. The van der Waals surface area contributed by atoms with Crippen molar-refractivity contribution in [3.8, 4) is 5.75 Å². The maximum atomic E-state index is 12.1. The van der Waals surface area contributed by atoms with Crippen LogP contribution in [0.2, 0.25) is 0 Å². The number of hydrogen-bond acceptors (Lipinski definition) is 3. The molecular weight excluding hydrogens is 280 g/mol. The van der Waals surface area contributed by atoms with E-state index in [1.807, 2.05) is 18.2 Å². The minimum absolute atomic E-state index is 0.0635. The van der Waals surface area contributed by atoms with Gasteiger partial charge in [-0.2, -0.15) is 0 Å². The summed E-state index contributed by atoms with van der Waals surface area (Å²) in [5.74, 6) is 1.44. The Morgan fingerprint density at radius 1 is 1.36 bits per heavy atom. The van der Waals surface area contributed by atoms with Crippen molar-refractivity contribution in [3.05, 3.63) is 18.2 Å². The van der Waals surface area contributed by atoms with Crippen molar-refractivity contribution in [2.24, 2.45) is 11.8 Å². The summed E-state index contributed by atoms with van der Waals surface area (Å²) in [6.07, 6.45) is 3.46. The summed E-state index contributed by atoms with van der Waals surface area (Å²) in [4.78, 5) is 26.0. The number of rotatable bonds is 4. The lowest BCUT2D eigenvalue weighted by Crippen LogP contribution is -2.35. The van der Waals surface area contributed by atoms with E-state index in [4.69, 9.17) is 4.74 Å². The average molecular weight is 302 g/mol. The Balaban J connectivity index is 1.82. The molecule has 0 unspecified atom stereocenters. The molecule has 1 N–H and O–H groups in total. The molecule has 1 saturated heterocycles. The van der Waals surface area contributed by atoms with E-state index >= 15 is 0 Å². The number of ether oxygens (including phenoxy) is 1. The van der Waals surface area contributed by atoms with Crippen LogP contribution in [-0.4, -0.2) is 25.5 Å². The van der Waals surface area contributed by atoms with Gasteiger partial charge in [-0.25, -0.2) is 0 Å². The van der Waals surface area contributed by atoms with E-state index in [2.05, 4.69) is 12.2 Å². The summed E-state index contributed by atoms with van der Waals surface area (Å²) in [5.41, 5.74) is 1.46. The molecule has 1 saturated carbocycles. The van der Waals surface area contributed by atoms with Crippen LogP contribution in [-0.2, 0) is 9.59 Å². The Morgan fingerprint density at radius 3 is 2.77 bits per heavy atom. The lowest BCUT2D eigenvalue weighted by Gasteiger charge is -2.28. The van der Waals surface area contributed by atoms with Crippen molar-refractivity contribution >= 4 is 23.2 Å². The highest BCUT2D eigenvalue weighted by Crippen LogP contribution is 2.39. The van der Waals surface area contributed by atoms with Gasteiger partial charge in [-0.3, -0.25) is 9.59 Å². The van der Waals surface area contributed by atoms with Crippen molar-refractivity contribution in [3.63, 3.8) is 0 Å². The number of carbonyl (C=O) groups excluding carboxylic acids is 2. The third-order valence-electron chi connectivity index (χ3n) is 4.51. The summed E-state index contributed by atoms with van der Waals surface area (Å²) < 4.78 is 5.38. The van der Waals surface area contributed by atoms with E-state index < -0.39 is 0 Å². The van der Waals surface area contributed by atoms with Crippen LogP contribution in [0.25, 0.3) is 0 Å². The van der Waals surface area contributed by atoms with Crippen LogP contribution in [0.4, 0.5) is 11.4 Å². The minimum Gasteiger partial charge on any atom is -0.495 e. The normalized spacial score (nSPS) is 24.1. The largest absolute Gasteiger partial charge is 0.495 e. The minimum atomic E-state index is 0.0635. The first-order valence-corrected chi connectivity index (χ1v) is 7.89. The van der Waals surface area contributed by atoms with Crippen molar-refractivity contribution in [2.45, 2.75) is 32.6 Å². The molecule has 5 heteroatoms. The second kappa shape index (κ2) is 5.99. The molecule has 2 atom stereocenters. The SMILES string of the molecule is COc1ccc(NC(=O)[C@H]2C[C@H]2C)cc1N1CCCCC1=O. The fraction of sp³-hybridized carbons (Fsp3) is 0.529. The third kappa shape index (κ3) is 2.93. The molecule has 1 aromatic carbocycles. The standard InChI is InChI=1S/C17H22N2O3/c1-11-9-13(11)17(21)18-12-6-7-15(22-2)14(10-12)19-8-4-3-5-16(19)20/h6-7,10-11,13H,3-5,8-9H2,1-2H3,(H,18,21)/t11-,13+/m1/s1. The average Bonchev–Trinajstić information content (AvgIpc) is 3.25. The smallest absolute Gasteiger partial charge is 0.227 e. The van der Waals surface area contributed by atoms with Crippen LogP contribution in [0.3, 0.4) is 0 Å². The molecule has 22 heavy (non-hydrogen) atoms. The Hall–Kier alpha value is -2.04. The zero-order chi connectivity index (χ0) is 15.7. The van der Waals surface area contributed by atoms with Gasteiger partial charge < -0.3 is 15.0 Å². The third-order valence-corrected chi connectivity index (χ3v) is 4.51. The summed E-state index contributed by atoms with van der Waals surface area (Å²) in [6, 6.07) is 5.47. The van der Waals surface area contributed by atoms with Gasteiger partial charge in [0.25, 0.3) is 0 Å². The lowest BCUT2D eigenvalue weighted by atomic mass is 10.1. The number of nitrogens with zero attached hydrogens (tertiary/aromatic N) is 1. The van der Waals surface area contributed by atoms with Crippen LogP contribution in [0, 0.1) is 11.8 Å². The summed E-state index contributed by atoms with van der Waals surface area (Å²) in [5, 5.41) is 2.95. The highest BCUT2D eigenvalue weighted by atomic mass is 16.5. The van der Waals surface area contributed by atoms with Gasteiger partial charge in [-0.05, 0) is 43.4 Å². The molecule has 1 heterocycles. The molecule has 0 bridgehead atoms. The summed E-state index contributed by atoms with van der Waals surface area (Å²) >= 11 is 0. The van der Waals surface area contributed by atoms with E-state index in [9.17, 15) is 9.59 Å². The second-order valence-corrected chi connectivity index (χ2v) is 6.20. The zero-order valence-corrected chi connectivity index (χ0v) is 13.1. The van der Waals surface area contributed by atoms with E-state index in [0.717, 1.165) is 30.6 Å². The molecule has 118 valence electrons. The maximum absolute atomic E-state index is 12.1. The van der Waals surface area contributed by atoms with Crippen molar-refractivity contribution in [1.29, 1.82) is 0 Å². The predicted octanol–water partition coefficient (Wildman–Crippen LogP) is 2.81. The first kappa shape index (κ1) is 14.9. The van der Waals surface area contributed by atoms with Gasteiger partial charge in [-0.15, -0.1) is 0 Å². The molecule has 2 fully saturated rings. The Bertz CT molecular complexity index is 600. The van der Waals surface area contributed by atoms with Crippen LogP contribution in [0.5, 0.6) is 5.75 Å². The first-order valence-electron chi connectivity index (χ1n) is 7.89. The molecule has 0 aromatic heterocycles. The summed E-state index contributed by atoms with van der Waals surface area (Å²) in [7, 11) is 1.59. The Kier molecular flexibility index (Phi) is 4.05. The van der Waals surface area contributed by atoms with Gasteiger partial charge in [0.1, 0.15) is 5.75 Å². The molecular formula is C17H22N2O3. The van der Waals surface area contributed by atoms with Gasteiger partial charge >= 0.3 is 0 Å². The van der Waals surface area contributed by atoms with Crippen LogP contribution in [0.1, 0.15) is 32.6 Å². The number of benzene rings is 1.